The van der Waals surface area contributed by atoms with E-state index in [0.29, 0.717) is 6.54 Å². The number of nitrogens with one attached hydrogen (secondary N) is 2. The fourth-order valence-electron chi connectivity index (χ4n) is 4.93. The third kappa shape index (κ3) is 2.45. The number of amides is 1. The van der Waals surface area contributed by atoms with Crippen LogP contribution in [0.1, 0.15) is 51.8 Å². The van der Waals surface area contributed by atoms with Gasteiger partial charge in [0.15, 0.2) is 5.65 Å². The highest BCUT2D eigenvalue weighted by atomic mass is 16.1. The van der Waals surface area contributed by atoms with Gasteiger partial charge < -0.3 is 15.0 Å². The average Bonchev–Trinajstić information content (AvgIpc) is 3.18. The third-order valence-electron chi connectivity index (χ3n) is 6.50. The van der Waals surface area contributed by atoms with E-state index in [0.717, 1.165) is 59.5 Å². The first-order valence-electron chi connectivity index (χ1n) is 10.2. The van der Waals surface area contributed by atoms with Crippen LogP contribution in [0.25, 0.3) is 5.65 Å². The lowest BCUT2D eigenvalue weighted by atomic mass is 9.82. The second-order valence-electron chi connectivity index (χ2n) is 8.26. The number of fused-ring (bicyclic) bond motifs is 4. The van der Waals surface area contributed by atoms with E-state index in [-0.39, 0.29) is 11.4 Å². The van der Waals surface area contributed by atoms with E-state index in [1.54, 1.807) is 0 Å². The SMILES string of the molecule is CCNC(=O)c1cn2c(C)c(C)nc2c2c1CCC1(Cc3ccccc3C1)N2. The molecule has 5 rings (SSSR count). The number of benzene rings is 1. The molecule has 2 aliphatic rings. The van der Waals surface area contributed by atoms with Crippen LogP contribution >= 0.6 is 0 Å². The summed E-state index contributed by atoms with van der Waals surface area (Å²) < 4.78 is 2.08. The normalized spacial score (nSPS) is 16.7. The number of hydrogen-bond acceptors (Lipinski definition) is 3. The number of nitrogens with zero attached hydrogens (tertiary/aromatic N) is 2. The van der Waals surface area contributed by atoms with Crippen LogP contribution in [0.3, 0.4) is 0 Å². The van der Waals surface area contributed by atoms with Crippen molar-refractivity contribution < 1.29 is 4.79 Å². The molecule has 5 nitrogen and oxygen atoms in total. The molecule has 3 aromatic rings. The van der Waals surface area contributed by atoms with Gasteiger partial charge in [-0.1, -0.05) is 24.3 Å². The molecule has 144 valence electrons. The minimum Gasteiger partial charge on any atom is -0.376 e. The van der Waals surface area contributed by atoms with Gasteiger partial charge in [-0.15, -0.1) is 0 Å². The molecule has 1 spiro atoms. The van der Waals surface area contributed by atoms with Crippen molar-refractivity contribution in [3.63, 3.8) is 0 Å². The summed E-state index contributed by atoms with van der Waals surface area (Å²) in [5.41, 5.74) is 8.82. The summed E-state index contributed by atoms with van der Waals surface area (Å²) in [5.74, 6) is -0.00105. The number of aryl methyl sites for hydroxylation is 2. The van der Waals surface area contributed by atoms with Gasteiger partial charge in [-0.2, -0.15) is 0 Å². The van der Waals surface area contributed by atoms with Gasteiger partial charge in [0.1, 0.15) is 0 Å². The number of aromatic nitrogens is 2. The molecule has 1 amide bonds. The Labute approximate surface area is 165 Å². The lowest BCUT2D eigenvalue weighted by Gasteiger charge is -2.37. The zero-order valence-electron chi connectivity index (χ0n) is 16.7. The van der Waals surface area contributed by atoms with E-state index in [1.165, 1.54) is 11.1 Å². The van der Waals surface area contributed by atoms with E-state index in [4.69, 9.17) is 4.98 Å². The highest BCUT2D eigenvalue weighted by Gasteiger charge is 2.41. The zero-order chi connectivity index (χ0) is 19.5. The van der Waals surface area contributed by atoms with E-state index in [2.05, 4.69) is 46.2 Å². The van der Waals surface area contributed by atoms with Gasteiger partial charge in [-0.05, 0) is 63.1 Å². The molecular weight excluding hydrogens is 348 g/mol. The molecule has 0 fully saturated rings. The van der Waals surface area contributed by atoms with Gasteiger partial charge in [-0.3, -0.25) is 4.79 Å². The van der Waals surface area contributed by atoms with Gasteiger partial charge in [-0.25, -0.2) is 4.98 Å². The number of anilines is 1. The molecule has 1 aliphatic carbocycles. The molecule has 2 N–H and O–H groups in total. The Morgan fingerprint density at radius 2 is 1.96 bits per heavy atom. The van der Waals surface area contributed by atoms with Gasteiger partial charge in [0.25, 0.3) is 5.91 Å². The maximum Gasteiger partial charge on any atom is 0.253 e. The van der Waals surface area contributed by atoms with E-state index >= 15 is 0 Å². The maximum absolute atomic E-state index is 12.8. The van der Waals surface area contributed by atoms with E-state index < -0.39 is 0 Å². The number of rotatable bonds is 2. The molecule has 2 aromatic heterocycles. The lowest BCUT2D eigenvalue weighted by molar-refractivity contribution is 0.0954. The third-order valence-corrected chi connectivity index (χ3v) is 6.50. The van der Waals surface area contributed by atoms with Gasteiger partial charge in [0.05, 0.1) is 16.9 Å². The molecule has 28 heavy (non-hydrogen) atoms. The first kappa shape index (κ1) is 17.3. The van der Waals surface area contributed by atoms with Gasteiger partial charge in [0, 0.05) is 24.0 Å². The van der Waals surface area contributed by atoms with Crippen LogP contribution < -0.4 is 10.6 Å². The Balaban J connectivity index is 1.66. The minimum atomic E-state index is -0.00105. The van der Waals surface area contributed by atoms with Crippen molar-refractivity contribution in [1.29, 1.82) is 0 Å². The van der Waals surface area contributed by atoms with E-state index in [1.807, 2.05) is 20.0 Å². The van der Waals surface area contributed by atoms with E-state index in [9.17, 15) is 4.79 Å². The van der Waals surface area contributed by atoms with Crippen LogP contribution in [0.4, 0.5) is 5.69 Å². The van der Waals surface area contributed by atoms with Gasteiger partial charge >= 0.3 is 0 Å². The summed E-state index contributed by atoms with van der Waals surface area (Å²) in [6, 6.07) is 8.74. The average molecular weight is 374 g/mol. The van der Waals surface area contributed by atoms with Crippen LogP contribution in [0.2, 0.25) is 0 Å². The molecule has 0 saturated heterocycles. The molecule has 0 unspecified atom stereocenters. The molecule has 0 radical (unpaired) electrons. The second kappa shape index (κ2) is 6.09. The summed E-state index contributed by atoms with van der Waals surface area (Å²) >= 11 is 0. The summed E-state index contributed by atoms with van der Waals surface area (Å²) in [6.45, 7) is 6.68. The number of carbonyl (C=O) groups excluding carboxylic acids is 1. The molecular formula is C23H26N4O. The zero-order valence-corrected chi connectivity index (χ0v) is 16.7. The molecule has 0 saturated carbocycles. The van der Waals surface area contributed by atoms with Crippen molar-refractivity contribution in [3.05, 3.63) is 64.1 Å². The van der Waals surface area contributed by atoms with Crippen LogP contribution in [0.15, 0.2) is 30.5 Å². The summed E-state index contributed by atoms with van der Waals surface area (Å²) in [6.07, 6.45) is 5.94. The molecule has 1 aromatic carbocycles. The quantitative estimate of drug-likeness (QED) is 0.721. The van der Waals surface area contributed by atoms with Crippen molar-refractivity contribution >= 4 is 17.2 Å². The maximum atomic E-state index is 12.8. The summed E-state index contributed by atoms with van der Waals surface area (Å²) in [7, 11) is 0. The number of pyridine rings is 1. The number of carbonyl (C=O) groups is 1. The number of hydrogen-bond donors (Lipinski definition) is 2. The highest BCUT2D eigenvalue weighted by Crippen LogP contribution is 2.43. The summed E-state index contributed by atoms with van der Waals surface area (Å²) in [5, 5.41) is 6.85. The monoisotopic (exact) mass is 374 g/mol. The largest absolute Gasteiger partial charge is 0.376 e. The molecule has 1 aliphatic heterocycles. The Hall–Kier alpha value is -2.82. The Kier molecular flexibility index (Phi) is 3.76. The van der Waals surface area contributed by atoms with Crippen molar-refractivity contribution in [2.24, 2.45) is 0 Å². The minimum absolute atomic E-state index is 0.00105. The van der Waals surface area contributed by atoms with Crippen LogP contribution in [-0.2, 0) is 19.3 Å². The predicted octanol–water partition coefficient (Wildman–Crippen LogP) is 3.60. The van der Waals surface area contributed by atoms with Crippen LogP contribution in [0.5, 0.6) is 0 Å². The van der Waals surface area contributed by atoms with Crippen LogP contribution in [0, 0.1) is 13.8 Å². The standard InChI is InChI=1S/C23H26N4O/c1-4-24-22(28)19-13-27-15(3)14(2)25-21(27)20-18(19)9-10-23(26-20)11-16-7-5-6-8-17(16)12-23/h5-8,13,26H,4,9-12H2,1-3H3,(H,24,28). The number of imidazole rings is 1. The smallest absolute Gasteiger partial charge is 0.253 e. The molecule has 3 heterocycles. The molecule has 0 bridgehead atoms. The molecule has 0 atom stereocenters. The fourth-order valence-corrected chi connectivity index (χ4v) is 4.93. The van der Waals surface area contributed by atoms with Crippen molar-refractivity contribution in [1.82, 2.24) is 14.7 Å². The highest BCUT2D eigenvalue weighted by molar-refractivity contribution is 5.98. The molecule has 5 heteroatoms. The van der Waals surface area contributed by atoms with Gasteiger partial charge in [0.2, 0.25) is 0 Å². The first-order valence-corrected chi connectivity index (χ1v) is 10.2. The predicted molar refractivity (Wildman–Crippen MR) is 111 cm³/mol. The van der Waals surface area contributed by atoms with Crippen molar-refractivity contribution in [2.75, 3.05) is 11.9 Å². The van der Waals surface area contributed by atoms with Crippen molar-refractivity contribution in [2.45, 2.75) is 52.0 Å². The Morgan fingerprint density at radius 3 is 2.64 bits per heavy atom. The lowest BCUT2D eigenvalue weighted by Crippen LogP contribution is -2.43. The fraction of sp³-hybridized carbons (Fsp3) is 0.391. The Morgan fingerprint density at radius 1 is 1.25 bits per heavy atom. The van der Waals surface area contributed by atoms with Crippen molar-refractivity contribution in [3.8, 4) is 0 Å². The Bertz CT molecular complexity index is 1090. The first-order chi connectivity index (χ1) is 13.5. The second-order valence-corrected chi connectivity index (χ2v) is 8.26. The topological polar surface area (TPSA) is 58.4 Å². The summed E-state index contributed by atoms with van der Waals surface area (Å²) in [4.78, 5) is 17.6. The van der Waals surface area contributed by atoms with Crippen LogP contribution in [-0.4, -0.2) is 27.4 Å².